The van der Waals surface area contributed by atoms with Gasteiger partial charge in [0.1, 0.15) is 0 Å². The van der Waals surface area contributed by atoms with E-state index in [1.165, 1.54) is 4.90 Å². The molecule has 1 aliphatic heterocycles. The van der Waals surface area contributed by atoms with Crippen LogP contribution in [0.1, 0.15) is 37.0 Å². The predicted molar refractivity (Wildman–Crippen MR) is 101 cm³/mol. The van der Waals surface area contributed by atoms with Crippen molar-refractivity contribution in [1.82, 2.24) is 9.80 Å². The Kier molecular flexibility index (Phi) is 7.78. The lowest BCUT2D eigenvalue weighted by Gasteiger charge is -2.24. The minimum absolute atomic E-state index is 0.0228. The van der Waals surface area contributed by atoms with E-state index in [1.54, 1.807) is 23.7 Å². The van der Waals surface area contributed by atoms with Crippen molar-refractivity contribution in [2.45, 2.75) is 37.7 Å². The third-order valence-electron chi connectivity index (χ3n) is 4.40. The molecule has 2 amide bonds. The second-order valence-corrected chi connectivity index (χ2v) is 7.23. The van der Waals surface area contributed by atoms with E-state index in [2.05, 4.69) is 0 Å². The highest BCUT2D eigenvalue weighted by atomic mass is 32.2. The van der Waals surface area contributed by atoms with E-state index >= 15 is 0 Å². The monoisotopic (exact) mass is 364 g/mol. The molecule has 1 unspecified atom stereocenters. The zero-order valence-corrected chi connectivity index (χ0v) is 16.2. The van der Waals surface area contributed by atoms with Crippen molar-refractivity contribution >= 4 is 23.6 Å². The number of thioether (sulfide) groups is 1. The van der Waals surface area contributed by atoms with Gasteiger partial charge in [-0.25, -0.2) is 0 Å². The Morgan fingerprint density at radius 3 is 2.60 bits per heavy atom. The van der Waals surface area contributed by atoms with E-state index in [0.29, 0.717) is 18.7 Å². The van der Waals surface area contributed by atoms with Crippen molar-refractivity contribution in [3.05, 3.63) is 29.8 Å². The molecule has 0 saturated carbocycles. The van der Waals surface area contributed by atoms with Crippen molar-refractivity contribution in [3.8, 4) is 0 Å². The number of amides is 2. The van der Waals surface area contributed by atoms with Gasteiger partial charge in [0.2, 0.25) is 5.91 Å². The van der Waals surface area contributed by atoms with Crippen LogP contribution in [0.2, 0.25) is 0 Å². The molecule has 2 rings (SSSR count). The molecular weight excluding hydrogens is 336 g/mol. The van der Waals surface area contributed by atoms with Gasteiger partial charge >= 0.3 is 0 Å². The summed E-state index contributed by atoms with van der Waals surface area (Å²) in [5.74, 6) is 0.716. The first-order valence-corrected chi connectivity index (χ1v) is 9.92. The average Bonchev–Trinajstić information content (AvgIpc) is 3.14. The number of likely N-dealkylation sites (N-methyl/N-ethyl adjacent to an activating group) is 2. The fourth-order valence-corrected chi connectivity index (χ4v) is 4.00. The first kappa shape index (κ1) is 19.8. The van der Waals surface area contributed by atoms with Crippen LogP contribution in [0.15, 0.2) is 29.2 Å². The second kappa shape index (κ2) is 9.82. The Morgan fingerprint density at radius 2 is 1.96 bits per heavy atom. The molecule has 138 valence electrons. The summed E-state index contributed by atoms with van der Waals surface area (Å²) < 4.78 is 5.66. The zero-order chi connectivity index (χ0) is 18.2. The van der Waals surface area contributed by atoms with Gasteiger partial charge in [0.05, 0.1) is 18.2 Å². The van der Waals surface area contributed by atoms with Gasteiger partial charge in [0.15, 0.2) is 0 Å². The van der Waals surface area contributed by atoms with Gasteiger partial charge in [-0.2, -0.15) is 0 Å². The zero-order valence-electron chi connectivity index (χ0n) is 15.4. The topological polar surface area (TPSA) is 49.9 Å². The number of hydrogen-bond donors (Lipinski definition) is 0. The molecule has 1 saturated heterocycles. The normalized spacial score (nSPS) is 16.7. The van der Waals surface area contributed by atoms with E-state index in [4.69, 9.17) is 4.74 Å². The van der Waals surface area contributed by atoms with Crippen LogP contribution in [0.4, 0.5) is 0 Å². The molecule has 1 fully saturated rings. The summed E-state index contributed by atoms with van der Waals surface area (Å²) in [5, 5.41) is 0. The third-order valence-corrected chi connectivity index (χ3v) is 5.61. The fourth-order valence-electron chi connectivity index (χ4n) is 2.88. The maximum atomic E-state index is 12.8. The van der Waals surface area contributed by atoms with Crippen molar-refractivity contribution in [2.24, 2.45) is 0 Å². The number of carbonyl (C=O) groups excluding carboxylic acids is 2. The Morgan fingerprint density at radius 1 is 1.24 bits per heavy atom. The van der Waals surface area contributed by atoms with Crippen molar-refractivity contribution in [2.75, 3.05) is 39.0 Å². The molecule has 0 radical (unpaired) electrons. The quantitative estimate of drug-likeness (QED) is 0.666. The number of rotatable bonds is 8. The molecule has 5 nitrogen and oxygen atoms in total. The molecule has 6 heteroatoms. The Labute approximate surface area is 154 Å². The highest BCUT2D eigenvalue weighted by molar-refractivity contribution is 7.99. The smallest absolute Gasteiger partial charge is 0.255 e. The van der Waals surface area contributed by atoms with Crippen LogP contribution < -0.4 is 0 Å². The highest BCUT2D eigenvalue weighted by Crippen LogP contribution is 2.27. The van der Waals surface area contributed by atoms with Gasteiger partial charge in [0.25, 0.3) is 5.91 Å². The van der Waals surface area contributed by atoms with Crippen molar-refractivity contribution in [3.63, 3.8) is 0 Å². The molecule has 0 aromatic heterocycles. The van der Waals surface area contributed by atoms with E-state index in [9.17, 15) is 9.59 Å². The summed E-state index contributed by atoms with van der Waals surface area (Å²) in [6.07, 6.45) is 2.47. The first-order valence-electron chi connectivity index (χ1n) is 8.93. The lowest BCUT2D eigenvalue weighted by atomic mass is 10.2. The maximum absolute atomic E-state index is 12.8. The predicted octanol–water partition coefficient (Wildman–Crippen LogP) is 2.90. The second-order valence-electron chi connectivity index (χ2n) is 6.17. The van der Waals surface area contributed by atoms with Crippen LogP contribution in [0, 0.1) is 0 Å². The summed E-state index contributed by atoms with van der Waals surface area (Å²) in [6.45, 7) is 6.14. The first-order chi connectivity index (χ1) is 12.1. The van der Waals surface area contributed by atoms with Crippen LogP contribution in [0.5, 0.6) is 0 Å². The largest absolute Gasteiger partial charge is 0.377 e. The van der Waals surface area contributed by atoms with Crippen LogP contribution in [0.3, 0.4) is 0 Å². The molecule has 0 spiro atoms. The van der Waals surface area contributed by atoms with Crippen LogP contribution in [-0.4, -0.2) is 66.8 Å². The molecule has 1 aromatic rings. The van der Waals surface area contributed by atoms with Crippen molar-refractivity contribution < 1.29 is 14.3 Å². The summed E-state index contributed by atoms with van der Waals surface area (Å²) in [6, 6.07) is 7.60. The Hall–Kier alpha value is -1.53. The van der Waals surface area contributed by atoms with Gasteiger partial charge in [-0.3, -0.25) is 9.59 Å². The molecule has 1 atom stereocenters. The van der Waals surface area contributed by atoms with Gasteiger partial charge in [-0.1, -0.05) is 12.1 Å². The lowest BCUT2D eigenvalue weighted by Crippen LogP contribution is -2.41. The Balaban J connectivity index is 2.01. The number of ether oxygens (including phenoxy) is 1. The molecule has 25 heavy (non-hydrogen) atoms. The average molecular weight is 365 g/mol. The Bertz CT molecular complexity index is 584. The summed E-state index contributed by atoms with van der Waals surface area (Å²) in [5.41, 5.74) is 0.653. The summed E-state index contributed by atoms with van der Waals surface area (Å²) in [4.78, 5) is 29.2. The molecule has 1 aliphatic rings. The van der Waals surface area contributed by atoms with Gasteiger partial charge in [0, 0.05) is 37.4 Å². The van der Waals surface area contributed by atoms with Gasteiger partial charge in [-0.15, -0.1) is 11.8 Å². The molecular formula is C19H28N2O3S. The minimum atomic E-state index is -0.115. The molecule has 1 heterocycles. The number of carbonyl (C=O) groups is 2. The van der Waals surface area contributed by atoms with E-state index in [0.717, 1.165) is 30.1 Å². The molecule has 0 N–H and O–H groups in total. The number of nitrogens with zero attached hydrogens (tertiary/aromatic N) is 2. The number of benzene rings is 1. The third kappa shape index (κ3) is 5.47. The molecule has 0 bridgehead atoms. The van der Waals surface area contributed by atoms with E-state index in [1.807, 2.05) is 38.1 Å². The van der Waals surface area contributed by atoms with Gasteiger partial charge in [-0.05, 0) is 38.8 Å². The standard InChI is InChI=1S/C19H28N2O3S/c1-4-21(5-2)18(22)13-20(3)19(23)16-10-6-7-11-17(16)25-14-15-9-8-12-24-15/h6-7,10-11,15H,4-5,8-9,12-14H2,1-3H3. The minimum Gasteiger partial charge on any atom is -0.377 e. The summed E-state index contributed by atoms with van der Waals surface area (Å²) in [7, 11) is 1.69. The van der Waals surface area contributed by atoms with E-state index in [-0.39, 0.29) is 24.5 Å². The molecule has 0 aliphatic carbocycles. The SMILES string of the molecule is CCN(CC)C(=O)CN(C)C(=O)c1ccccc1SCC1CCCO1. The molecule has 1 aromatic carbocycles. The number of hydrogen-bond acceptors (Lipinski definition) is 4. The van der Waals surface area contributed by atoms with Crippen LogP contribution >= 0.6 is 11.8 Å². The van der Waals surface area contributed by atoms with Crippen LogP contribution in [-0.2, 0) is 9.53 Å². The highest BCUT2D eigenvalue weighted by Gasteiger charge is 2.21. The van der Waals surface area contributed by atoms with Gasteiger partial charge < -0.3 is 14.5 Å². The maximum Gasteiger partial charge on any atom is 0.255 e. The van der Waals surface area contributed by atoms with Crippen molar-refractivity contribution in [1.29, 1.82) is 0 Å². The van der Waals surface area contributed by atoms with E-state index < -0.39 is 0 Å². The summed E-state index contributed by atoms with van der Waals surface area (Å²) >= 11 is 1.66. The lowest BCUT2D eigenvalue weighted by molar-refractivity contribution is -0.131. The fraction of sp³-hybridized carbons (Fsp3) is 0.579. The van der Waals surface area contributed by atoms with Crippen LogP contribution in [0.25, 0.3) is 0 Å².